The van der Waals surface area contributed by atoms with Gasteiger partial charge in [-0.3, -0.25) is 5.41 Å². The molecule has 0 saturated heterocycles. The third-order valence-electron chi connectivity index (χ3n) is 1.26. The predicted octanol–water partition coefficient (Wildman–Crippen LogP) is -2.07. The monoisotopic (exact) mass is 190 g/mol. The fraction of sp³-hybridized carbons (Fsp3) is 0. The van der Waals surface area contributed by atoms with E-state index in [9.17, 15) is 4.39 Å². The molecule has 0 atom stereocenters. The van der Waals surface area contributed by atoms with Gasteiger partial charge in [0.15, 0.2) is 11.6 Å². The molecule has 0 amide bonds. The van der Waals surface area contributed by atoms with E-state index in [2.05, 4.69) is 0 Å². The summed E-state index contributed by atoms with van der Waals surface area (Å²) in [6.07, 6.45) is 0. The number of hydrogen-bond acceptors (Lipinski definition) is 2. The standard InChI is InChI=1S/C7H7FN2O.ClH/c8-5-3-4(7(9)10)1-2-6(5)11;/h1-3,11H,(H3,9,10);1H. The lowest BCUT2D eigenvalue weighted by atomic mass is 10.2. The van der Waals surface area contributed by atoms with E-state index in [-0.39, 0.29) is 25.2 Å². The van der Waals surface area contributed by atoms with Gasteiger partial charge in [0, 0.05) is 5.56 Å². The minimum absolute atomic E-state index is 0. The van der Waals surface area contributed by atoms with Crippen LogP contribution in [-0.2, 0) is 0 Å². The number of aromatic hydroxyl groups is 1. The second-order valence-corrected chi connectivity index (χ2v) is 2.08. The predicted molar refractivity (Wildman–Crippen MR) is 40.2 cm³/mol. The average Bonchev–Trinajstić information content (AvgIpc) is 1.94. The fourth-order valence-corrected chi connectivity index (χ4v) is 0.674. The molecule has 0 saturated carbocycles. The molecule has 0 aromatic heterocycles. The summed E-state index contributed by atoms with van der Waals surface area (Å²) in [5, 5.41) is 15.7. The average molecular weight is 191 g/mol. The molecule has 3 nitrogen and oxygen atoms in total. The quantitative estimate of drug-likeness (QED) is 0.352. The van der Waals surface area contributed by atoms with E-state index in [1.54, 1.807) is 0 Å². The zero-order chi connectivity index (χ0) is 8.43. The highest BCUT2D eigenvalue weighted by molar-refractivity contribution is 5.94. The number of amidine groups is 1. The van der Waals surface area contributed by atoms with Crippen LogP contribution in [0.1, 0.15) is 6.99 Å². The van der Waals surface area contributed by atoms with Gasteiger partial charge in [-0.15, -0.1) is 0 Å². The number of nitrogens with two attached hydrogens (primary N) is 1. The summed E-state index contributed by atoms with van der Waals surface area (Å²) >= 11 is 0. The topological polar surface area (TPSA) is 70.1 Å². The first kappa shape index (κ1) is 10.7. The summed E-state index contributed by atoms with van der Waals surface area (Å²) in [7, 11) is 0. The SMILES string of the molecule is N=C(N)c1ccc(O)c(F)c1.[Cl-].[H+]. The minimum atomic E-state index is -0.766. The molecule has 66 valence electrons. The molecule has 0 aliphatic heterocycles. The van der Waals surface area contributed by atoms with Crippen molar-refractivity contribution in [3.05, 3.63) is 29.6 Å². The third kappa shape index (κ3) is 2.10. The first-order chi connectivity index (χ1) is 5.11. The van der Waals surface area contributed by atoms with Gasteiger partial charge in [0.1, 0.15) is 5.84 Å². The highest BCUT2D eigenvalue weighted by Gasteiger charge is 2.02. The number of phenols is 1. The first-order valence-electron chi connectivity index (χ1n) is 2.94. The molecule has 4 N–H and O–H groups in total. The summed E-state index contributed by atoms with van der Waals surface area (Å²) < 4.78 is 12.5. The van der Waals surface area contributed by atoms with Crippen LogP contribution in [0.5, 0.6) is 5.75 Å². The number of hydrogen-bond donors (Lipinski definition) is 3. The number of rotatable bonds is 1. The molecule has 12 heavy (non-hydrogen) atoms. The second-order valence-electron chi connectivity index (χ2n) is 2.08. The van der Waals surface area contributed by atoms with Crippen molar-refractivity contribution in [2.24, 2.45) is 5.73 Å². The van der Waals surface area contributed by atoms with Crippen LogP contribution in [0.4, 0.5) is 4.39 Å². The second kappa shape index (κ2) is 3.92. The molecular formula is C7H8ClFN2O. The number of benzene rings is 1. The molecule has 0 spiro atoms. The Bertz CT molecular complexity index is 309. The van der Waals surface area contributed by atoms with Crippen molar-refractivity contribution in [3.8, 4) is 5.75 Å². The number of phenolic OH excluding ortho intramolecular Hbond substituents is 1. The Balaban J connectivity index is 0. The Hall–Kier alpha value is -1.29. The minimum Gasteiger partial charge on any atom is -1.00 e. The lowest BCUT2D eigenvalue weighted by molar-refractivity contribution is -0.00000407. The fourth-order valence-electron chi connectivity index (χ4n) is 0.674. The Morgan fingerprint density at radius 3 is 2.58 bits per heavy atom. The largest absolute Gasteiger partial charge is 1.00 e. The molecule has 0 bridgehead atoms. The van der Waals surface area contributed by atoms with Crippen molar-refractivity contribution < 1.29 is 23.3 Å². The summed E-state index contributed by atoms with van der Waals surface area (Å²) in [6, 6.07) is 3.55. The van der Waals surface area contributed by atoms with Gasteiger partial charge in [0.2, 0.25) is 0 Å². The Morgan fingerprint density at radius 2 is 2.17 bits per heavy atom. The molecule has 1 rings (SSSR count). The summed E-state index contributed by atoms with van der Waals surface area (Å²) in [4.78, 5) is 0. The van der Waals surface area contributed by atoms with Gasteiger partial charge in [-0.25, -0.2) is 4.39 Å². The van der Waals surface area contributed by atoms with E-state index >= 15 is 0 Å². The van der Waals surface area contributed by atoms with Crippen LogP contribution >= 0.6 is 0 Å². The Kier molecular flexibility index (Phi) is 3.50. The summed E-state index contributed by atoms with van der Waals surface area (Å²) in [6.45, 7) is 0. The van der Waals surface area contributed by atoms with Crippen molar-refractivity contribution in [1.29, 1.82) is 5.41 Å². The number of nitrogens with one attached hydrogen (secondary N) is 1. The first-order valence-corrected chi connectivity index (χ1v) is 2.94. The number of halogens is 2. The van der Waals surface area contributed by atoms with Crippen molar-refractivity contribution >= 4 is 5.84 Å². The van der Waals surface area contributed by atoms with Crippen LogP contribution in [0.3, 0.4) is 0 Å². The summed E-state index contributed by atoms with van der Waals surface area (Å²) in [5.74, 6) is -1.42. The van der Waals surface area contributed by atoms with Crippen LogP contribution in [0.15, 0.2) is 18.2 Å². The Labute approximate surface area is 76.4 Å². The van der Waals surface area contributed by atoms with Crippen molar-refractivity contribution in [3.63, 3.8) is 0 Å². The van der Waals surface area contributed by atoms with Crippen molar-refractivity contribution in [1.82, 2.24) is 0 Å². The molecule has 1 aromatic carbocycles. The van der Waals surface area contributed by atoms with Gasteiger partial charge in [0.05, 0.1) is 0 Å². The molecule has 1 aromatic rings. The van der Waals surface area contributed by atoms with Crippen LogP contribution in [-0.4, -0.2) is 10.9 Å². The summed E-state index contributed by atoms with van der Waals surface area (Å²) in [5.41, 5.74) is 5.33. The highest BCUT2D eigenvalue weighted by Crippen LogP contribution is 2.15. The van der Waals surface area contributed by atoms with Crippen LogP contribution in [0.25, 0.3) is 0 Å². The van der Waals surface area contributed by atoms with E-state index in [4.69, 9.17) is 16.2 Å². The lowest BCUT2D eigenvalue weighted by Crippen LogP contribution is -3.00. The molecule has 0 heterocycles. The van der Waals surface area contributed by atoms with Crippen LogP contribution in [0, 0.1) is 11.2 Å². The zero-order valence-corrected chi connectivity index (χ0v) is 6.77. The van der Waals surface area contributed by atoms with Gasteiger partial charge in [-0.1, -0.05) is 0 Å². The van der Waals surface area contributed by atoms with E-state index in [0.717, 1.165) is 12.1 Å². The highest BCUT2D eigenvalue weighted by atomic mass is 35.5. The van der Waals surface area contributed by atoms with Gasteiger partial charge < -0.3 is 23.2 Å². The van der Waals surface area contributed by atoms with E-state index in [0.29, 0.717) is 0 Å². The Morgan fingerprint density at radius 1 is 1.58 bits per heavy atom. The van der Waals surface area contributed by atoms with Crippen LogP contribution < -0.4 is 18.1 Å². The van der Waals surface area contributed by atoms with E-state index in [1.165, 1.54) is 6.07 Å². The maximum atomic E-state index is 12.5. The van der Waals surface area contributed by atoms with Gasteiger partial charge in [-0.05, 0) is 18.2 Å². The smallest absolute Gasteiger partial charge is 1.00 e. The zero-order valence-electron chi connectivity index (χ0n) is 7.01. The maximum absolute atomic E-state index is 12.5. The van der Waals surface area contributed by atoms with E-state index < -0.39 is 11.6 Å². The van der Waals surface area contributed by atoms with Gasteiger partial charge in [0.25, 0.3) is 0 Å². The van der Waals surface area contributed by atoms with Crippen molar-refractivity contribution in [2.75, 3.05) is 0 Å². The van der Waals surface area contributed by atoms with Gasteiger partial charge in [-0.2, -0.15) is 0 Å². The van der Waals surface area contributed by atoms with E-state index in [1.807, 2.05) is 0 Å². The molecule has 0 radical (unpaired) electrons. The normalized spacial score (nSPS) is 8.75. The maximum Gasteiger partial charge on any atom is 1.00 e. The van der Waals surface area contributed by atoms with Crippen LogP contribution in [0.2, 0.25) is 0 Å². The molecule has 5 heteroatoms. The van der Waals surface area contributed by atoms with Gasteiger partial charge >= 0.3 is 1.43 Å². The number of nitrogen functional groups attached to an aromatic ring is 1. The molecule has 0 aliphatic carbocycles. The molecule has 0 fully saturated rings. The third-order valence-corrected chi connectivity index (χ3v) is 1.26. The molecule has 0 unspecified atom stereocenters. The van der Waals surface area contributed by atoms with Crippen molar-refractivity contribution in [2.45, 2.75) is 0 Å². The molecular weight excluding hydrogens is 183 g/mol. The molecule has 0 aliphatic rings. The lowest BCUT2D eigenvalue weighted by Gasteiger charge is -1.98.